The van der Waals surface area contributed by atoms with E-state index in [1.54, 1.807) is 18.2 Å². The molecule has 1 fully saturated rings. The summed E-state index contributed by atoms with van der Waals surface area (Å²) in [5.41, 5.74) is -0.152. The van der Waals surface area contributed by atoms with Gasteiger partial charge in [-0.25, -0.2) is 9.59 Å². The molecule has 6 heteroatoms. The van der Waals surface area contributed by atoms with Crippen LogP contribution in [0.15, 0.2) is 38.9 Å². The third-order valence-corrected chi connectivity index (χ3v) is 2.66. The fourth-order valence-electron chi connectivity index (χ4n) is 1.45. The van der Waals surface area contributed by atoms with E-state index in [1.807, 2.05) is 0 Å². The highest BCUT2D eigenvalue weighted by Crippen LogP contribution is 2.22. The number of carbonyl (C=O) groups is 2. The second-order valence-corrected chi connectivity index (χ2v) is 5.04. The Morgan fingerprint density at radius 2 is 1.79 bits per heavy atom. The monoisotopic (exact) mass is 326 g/mol. The van der Waals surface area contributed by atoms with Crippen LogP contribution in [0.5, 0.6) is 0 Å². The normalized spacial score (nSPS) is 18.4. The summed E-state index contributed by atoms with van der Waals surface area (Å²) < 4.78 is 15.7. The second kappa shape index (κ2) is 5.05. The predicted molar refractivity (Wildman–Crippen MR) is 69.8 cm³/mol. The highest BCUT2D eigenvalue weighted by molar-refractivity contribution is 9.10. The molecule has 0 N–H and O–H groups in total. The van der Waals surface area contributed by atoms with E-state index in [0.717, 1.165) is 0 Å². The van der Waals surface area contributed by atoms with Crippen LogP contribution in [0.3, 0.4) is 0 Å². The van der Waals surface area contributed by atoms with E-state index < -0.39 is 17.7 Å². The van der Waals surface area contributed by atoms with Crippen LogP contribution in [0, 0.1) is 0 Å². The van der Waals surface area contributed by atoms with Gasteiger partial charge in [0.1, 0.15) is 11.3 Å². The van der Waals surface area contributed by atoms with Crippen molar-refractivity contribution in [3.63, 3.8) is 0 Å². The predicted octanol–water partition coefficient (Wildman–Crippen LogP) is 2.82. The van der Waals surface area contributed by atoms with E-state index in [4.69, 9.17) is 13.9 Å². The zero-order valence-electron chi connectivity index (χ0n) is 10.3. The van der Waals surface area contributed by atoms with Gasteiger partial charge in [-0.1, -0.05) is 6.08 Å². The minimum atomic E-state index is -1.22. The van der Waals surface area contributed by atoms with Gasteiger partial charge >= 0.3 is 11.9 Å². The van der Waals surface area contributed by atoms with E-state index in [1.165, 1.54) is 26.0 Å². The van der Waals surface area contributed by atoms with Crippen molar-refractivity contribution >= 4 is 33.9 Å². The minimum absolute atomic E-state index is 0.152. The van der Waals surface area contributed by atoms with Gasteiger partial charge in [0.25, 0.3) is 5.79 Å². The molecular formula is C13H11BrO5. The fraction of sp³-hybridized carbons (Fsp3) is 0.231. The summed E-state index contributed by atoms with van der Waals surface area (Å²) in [6.45, 7) is 2.99. The van der Waals surface area contributed by atoms with Crippen LogP contribution in [-0.4, -0.2) is 17.7 Å². The van der Waals surface area contributed by atoms with Gasteiger partial charge in [0.05, 0.1) is 0 Å². The van der Waals surface area contributed by atoms with Gasteiger partial charge in [-0.15, -0.1) is 0 Å². The summed E-state index contributed by atoms with van der Waals surface area (Å²) in [6, 6.07) is 3.47. The molecule has 1 aliphatic rings. The van der Waals surface area contributed by atoms with Crippen molar-refractivity contribution in [2.45, 2.75) is 19.6 Å². The van der Waals surface area contributed by atoms with Crippen LogP contribution in [0.25, 0.3) is 6.08 Å². The molecule has 0 saturated carbocycles. The molecule has 0 bridgehead atoms. The Bertz CT molecular complexity index is 558. The molecule has 1 aromatic heterocycles. The number of cyclic esters (lactones) is 2. The number of esters is 2. The lowest BCUT2D eigenvalue weighted by molar-refractivity contribution is -0.222. The smallest absolute Gasteiger partial charge is 0.348 e. The van der Waals surface area contributed by atoms with Gasteiger partial charge in [-0.3, -0.25) is 0 Å². The van der Waals surface area contributed by atoms with E-state index in [2.05, 4.69) is 15.9 Å². The number of ether oxygens (including phenoxy) is 2. The highest BCUT2D eigenvalue weighted by Gasteiger charge is 2.38. The molecule has 1 aromatic rings. The van der Waals surface area contributed by atoms with Gasteiger partial charge in [0, 0.05) is 13.8 Å². The molecule has 0 aliphatic carbocycles. The number of furan rings is 1. The van der Waals surface area contributed by atoms with Crippen LogP contribution >= 0.6 is 15.9 Å². The number of halogens is 1. The summed E-state index contributed by atoms with van der Waals surface area (Å²) in [5, 5.41) is 0. The van der Waals surface area contributed by atoms with Gasteiger partial charge in [-0.05, 0) is 40.2 Å². The summed E-state index contributed by atoms with van der Waals surface area (Å²) in [6.07, 6.45) is 4.45. The van der Waals surface area contributed by atoms with Crippen molar-refractivity contribution in [3.05, 3.63) is 40.3 Å². The number of hydrogen-bond donors (Lipinski definition) is 0. The molecule has 0 spiro atoms. The third-order valence-electron chi connectivity index (χ3n) is 2.23. The van der Waals surface area contributed by atoms with Gasteiger partial charge in [-0.2, -0.15) is 0 Å². The maximum atomic E-state index is 11.6. The highest BCUT2D eigenvalue weighted by atomic mass is 79.9. The minimum Gasteiger partial charge on any atom is -0.450 e. The average Bonchev–Trinajstić information content (AvgIpc) is 2.67. The largest absolute Gasteiger partial charge is 0.450 e. The van der Waals surface area contributed by atoms with Crippen molar-refractivity contribution in [2.24, 2.45) is 0 Å². The zero-order valence-corrected chi connectivity index (χ0v) is 11.9. The Morgan fingerprint density at radius 3 is 2.32 bits per heavy atom. The van der Waals surface area contributed by atoms with Crippen molar-refractivity contribution in [2.75, 3.05) is 0 Å². The van der Waals surface area contributed by atoms with Crippen molar-refractivity contribution in [3.8, 4) is 0 Å². The van der Waals surface area contributed by atoms with Crippen LogP contribution in [0.4, 0.5) is 0 Å². The van der Waals surface area contributed by atoms with Crippen LogP contribution < -0.4 is 0 Å². The third kappa shape index (κ3) is 3.35. The first-order chi connectivity index (χ1) is 8.87. The first-order valence-electron chi connectivity index (χ1n) is 5.48. The molecule has 1 aliphatic heterocycles. The molecule has 2 heterocycles. The number of carbonyl (C=O) groups excluding carboxylic acids is 2. The summed E-state index contributed by atoms with van der Waals surface area (Å²) in [5.74, 6) is -2.04. The molecule has 0 atom stereocenters. The van der Waals surface area contributed by atoms with E-state index in [0.29, 0.717) is 10.4 Å². The van der Waals surface area contributed by atoms with Crippen LogP contribution in [0.2, 0.25) is 0 Å². The molecule has 0 amide bonds. The van der Waals surface area contributed by atoms with Gasteiger partial charge in [0.2, 0.25) is 0 Å². The maximum absolute atomic E-state index is 11.6. The lowest BCUT2D eigenvalue weighted by atomic mass is 10.2. The zero-order chi connectivity index (χ0) is 14.0. The lowest BCUT2D eigenvalue weighted by Crippen LogP contribution is -2.41. The number of allylic oxidation sites excluding steroid dienone is 2. The molecule has 5 nitrogen and oxygen atoms in total. The van der Waals surface area contributed by atoms with Crippen LogP contribution in [-0.2, 0) is 19.1 Å². The summed E-state index contributed by atoms with van der Waals surface area (Å²) >= 11 is 3.17. The van der Waals surface area contributed by atoms with Crippen molar-refractivity contribution in [1.29, 1.82) is 0 Å². The Kier molecular flexibility index (Phi) is 3.61. The molecule has 0 radical (unpaired) electrons. The van der Waals surface area contributed by atoms with E-state index in [9.17, 15) is 9.59 Å². The molecule has 2 rings (SSSR count). The van der Waals surface area contributed by atoms with E-state index >= 15 is 0 Å². The average molecular weight is 327 g/mol. The Labute approximate surface area is 118 Å². The maximum Gasteiger partial charge on any atom is 0.348 e. The molecule has 19 heavy (non-hydrogen) atoms. The molecule has 100 valence electrons. The molecule has 1 saturated heterocycles. The molecule has 0 aromatic carbocycles. The SMILES string of the molecule is CC1(C)OC(=O)C(=C/C=C/c2ccc(Br)o2)C(=O)O1. The van der Waals surface area contributed by atoms with Crippen LogP contribution in [0.1, 0.15) is 19.6 Å². The number of hydrogen-bond acceptors (Lipinski definition) is 5. The summed E-state index contributed by atoms with van der Waals surface area (Å²) in [4.78, 5) is 23.2. The number of rotatable bonds is 2. The topological polar surface area (TPSA) is 65.7 Å². The standard InChI is InChI=1S/C13H11BrO5/c1-13(2)18-11(15)9(12(16)19-13)5-3-4-8-6-7-10(14)17-8/h3-7H,1-2H3/b4-3+. The Hall–Kier alpha value is -1.82. The molecule has 0 unspecified atom stereocenters. The molecular weight excluding hydrogens is 316 g/mol. The lowest BCUT2D eigenvalue weighted by Gasteiger charge is -2.29. The van der Waals surface area contributed by atoms with Gasteiger partial charge < -0.3 is 13.9 Å². The van der Waals surface area contributed by atoms with Crippen molar-refractivity contribution in [1.82, 2.24) is 0 Å². The first kappa shape index (κ1) is 13.6. The summed E-state index contributed by atoms with van der Waals surface area (Å²) in [7, 11) is 0. The van der Waals surface area contributed by atoms with Crippen molar-refractivity contribution < 1.29 is 23.5 Å². The van der Waals surface area contributed by atoms with Gasteiger partial charge in [0.15, 0.2) is 4.67 Å². The first-order valence-corrected chi connectivity index (χ1v) is 6.27. The van der Waals surface area contributed by atoms with E-state index in [-0.39, 0.29) is 5.57 Å². The Morgan fingerprint density at radius 1 is 1.16 bits per heavy atom. The quantitative estimate of drug-likeness (QED) is 0.475. The second-order valence-electron chi connectivity index (χ2n) is 4.26. The Balaban J connectivity index is 2.13. The fourth-order valence-corrected chi connectivity index (χ4v) is 1.77.